The second kappa shape index (κ2) is 12.1. The van der Waals surface area contributed by atoms with Crippen LogP contribution in [0.5, 0.6) is 11.5 Å². The van der Waals surface area contributed by atoms with Crippen LogP contribution >= 0.6 is 11.6 Å². The maximum Gasteiger partial charge on any atom is 0.295 e. The summed E-state index contributed by atoms with van der Waals surface area (Å²) < 4.78 is 11.3. The van der Waals surface area contributed by atoms with E-state index < -0.39 is 17.7 Å². The van der Waals surface area contributed by atoms with Gasteiger partial charge in [-0.05, 0) is 56.8 Å². The highest BCUT2D eigenvalue weighted by molar-refractivity contribution is 6.46. The highest BCUT2D eigenvalue weighted by Gasteiger charge is 2.46. The second-order valence-electron chi connectivity index (χ2n) is 8.09. The van der Waals surface area contributed by atoms with Crippen molar-refractivity contribution in [1.29, 1.82) is 0 Å². The first-order valence-corrected chi connectivity index (χ1v) is 12.4. The van der Waals surface area contributed by atoms with Gasteiger partial charge in [-0.15, -0.1) is 0 Å². The summed E-state index contributed by atoms with van der Waals surface area (Å²) >= 11 is 6.10. The Kier molecular flexibility index (Phi) is 9.18. The molecule has 1 aliphatic heterocycles. The van der Waals surface area contributed by atoms with Crippen LogP contribution in [-0.2, 0) is 9.59 Å². The summed E-state index contributed by atoms with van der Waals surface area (Å²) in [6, 6.07) is 11.3. The molecule has 1 saturated heterocycles. The molecule has 3 rings (SSSR count). The number of nitrogens with zero attached hydrogens (tertiary/aromatic N) is 2. The molecule has 1 atom stereocenters. The maximum absolute atomic E-state index is 13.3. The molecule has 0 aromatic heterocycles. The number of carbonyl (C=O) groups is 2. The van der Waals surface area contributed by atoms with Crippen molar-refractivity contribution in [2.24, 2.45) is 0 Å². The van der Waals surface area contributed by atoms with Crippen LogP contribution in [0.4, 0.5) is 0 Å². The molecule has 0 saturated carbocycles. The molecule has 188 valence electrons. The van der Waals surface area contributed by atoms with E-state index in [-0.39, 0.29) is 11.3 Å². The SMILES string of the molecule is CCOc1ccc(/C(O)=C2/C(=O)C(=O)N(CCN(CC)CC)C2c2ccc(Cl)cc2)c(OCC)c1. The van der Waals surface area contributed by atoms with Crippen LogP contribution in [0.2, 0.25) is 5.02 Å². The number of benzene rings is 2. The Morgan fingerprint density at radius 3 is 2.26 bits per heavy atom. The second-order valence-corrected chi connectivity index (χ2v) is 8.53. The van der Waals surface area contributed by atoms with E-state index in [1.165, 1.54) is 4.90 Å². The fourth-order valence-corrected chi connectivity index (χ4v) is 4.39. The van der Waals surface area contributed by atoms with Crippen LogP contribution in [-0.4, -0.2) is 66.0 Å². The van der Waals surface area contributed by atoms with Crippen molar-refractivity contribution >= 4 is 29.1 Å². The molecule has 1 N–H and O–H groups in total. The molecular formula is C27H33ClN2O5. The van der Waals surface area contributed by atoms with Crippen molar-refractivity contribution in [3.8, 4) is 11.5 Å². The highest BCUT2D eigenvalue weighted by Crippen LogP contribution is 2.41. The summed E-state index contributed by atoms with van der Waals surface area (Å²) in [6.45, 7) is 11.3. The fraction of sp³-hybridized carbons (Fsp3) is 0.407. The molecule has 8 heteroatoms. The third kappa shape index (κ3) is 5.80. The van der Waals surface area contributed by atoms with Crippen molar-refractivity contribution < 1.29 is 24.2 Å². The number of rotatable bonds is 11. The fourth-order valence-electron chi connectivity index (χ4n) is 4.27. The zero-order chi connectivity index (χ0) is 25.5. The Bertz CT molecular complexity index is 1080. The van der Waals surface area contributed by atoms with Gasteiger partial charge in [-0.2, -0.15) is 0 Å². The topological polar surface area (TPSA) is 79.3 Å². The van der Waals surface area contributed by atoms with Gasteiger partial charge in [0.05, 0.1) is 30.4 Å². The highest BCUT2D eigenvalue weighted by atomic mass is 35.5. The molecule has 0 spiro atoms. The summed E-state index contributed by atoms with van der Waals surface area (Å²) in [5, 5.41) is 12.0. The van der Waals surface area contributed by atoms with Crippen molar-refractivity contribution in [3.63, 3.8) is 0 Å². The molecule has 1 aliphatic rings. The van der Waals surface area contributed by atoms with Gasteiger partial charge in [0.1, 0.15) is 17.3 Å². The minimum atomic E-state index is -0.746. The summed E-state index contributed by atoms with van der Waals surface area (Å²) in [4.78, 5) is 30.2. The zero-order valence-electron chi connectivity index (χ0n) is 20.7. The third-order valence-electron chi connectivity index (χ3n) is 6.10. The summed E-state index contributed by atoms with van der Waals surface area (Å²) in [5.74, 6) is -0.678. The van der Waals surface area contributed by atoms with Crippen LogP contribution in [0.3, 0.4) is 0 Å². The number of halogens is 1. The number of aliphatic hydroxyl groups is 1. The first-order valence-electron chi connectivity index (χ1n) is 12.0. The largest absolute Gasteiger partial charge is 0.507 e. The normalized spacial score (nSPS) is 17.3. The van der Waals surface area contributed by atoms with Crippen molar-refractivity contribution in [1.82, 2.24) is 9.80 Å². The Balaban J connectivity index is 2.14. The van der Waals surface area contributed by atoms with Crippen LogP contribution in [0.1, 0.15) is 44.9 Å². The number of ether oxygens (including phenoxy) is 2. The molecule has 1 amide bonds. The average molecular weight is 501 g/mol. The van der Waals surface area contributed by atoms with Gasteiger partial charge in [0.15, 0.2) is 0 Å². The van der Waals surface area contributed by atoms with Crippen LogP contribution in [0.25, 0.3) is 5.76 Å². The first-order chi connectivity index (χ1) is 16.9. The average Bonchev–Trinajstić information content (AvgIpc) is 3.10. The smallest absolute Gasteiger partial charge is 0.295 e. The van der Waals surface area contributed by atoms with Gasteiger partial charge in [0, 0.05) is 24.2 Å². The van der Waals surface area contributed by atoms with Crippen molar-refractivity contribution in [2.45, 2.75) is 33.7 Å². The zero-order valence-corrected chi connectivity index (χ0v) is 21.5. The predicted octanol–water partition coefficient (Wildman–Crippen LogP) is 4.90. The van der Waals surface area contributed by atoms with E-state index in [2.05, 4.69) is 18.7 Å². The lowest BCUT2D eigenvalue weighted by Gasteiger charge is -2.28. The summed E-state index contributed by atoms with van der Waals surface area (Å²) in [6.07, 6.45) is 0. The molecule has 1 unspecified atom stereocenters. The van der Waals surface area contributed by atoms with Gasteiger partial charge in [-0.1, -0.05) is 37.6 Å². The molecule has 35 heavy (non-hydrogen) atoms. The molecule has 2 aromatic carbocycles. The van der Waals surface area contributed by atoms with Gasteiger partial charge in [0.25, 0.3) is 11.7 Å². The molecular weight excluding hydrogens is 468 g/mol. The Labute approximate surface area is 211 Å². The van der Waals surface area contributed by atoms with E-state index >= 15 is 0 Å². The molecule has 1 fully saturated rings. The van der Waals surface area contributed by atoms with E-state index in [0.29, 0.717) is 54.0 Å². The van der Waals surface area contributed by atoms with Gasteiger partial charge in [0.2, 0.25) is 0 Å². The lowest BCUT2D eigenvalue weighted by molar-refractivity contribution is -0.140. The standard InChI is InChI=1S/C27H33ClN2O5/c1-5-29(6-2)15-16-30-24(18-9-11-19(28)12-10-18)23(26(32)27(30)33)25(31)21-14-13-20(34-7-3)17-22(21)35-8-4/h9-14,17,24,31H,5-8,15-16H2,1-4H3/b25-23-. The van der Waals surface area contributed by atoms with E-state index in [1.807, 2.05) is 13.8 Å². The number of aliphatic hydroxyl groups excluding tert-OH is 1. The lowest BCUT2D eigenvalue weighted by Crippen LogP contribution is -2.38. The minimum absolute atomic E-state index is 0.0296. The van der Waals surface area contributed by atoms with Crippen LogP contribution in [0, 0.1) is 0 Å². The number of ketones is 1. The molecule has 2 aromatic rings. The van der Waals surface area contributed by atoms with Crippen molar-refractivity contribution in [3.05, 3.63) is 64.2 Å². The van der Waals surface area contributed by atoms with Crippen molar-refractivity contribution in [2.75, 3.05) is 39.4 Å². The Morgan fingerprint density at radius 2 is 1.66 bits per heavy atom. The van der Waals surface area contributed by atoms with E-state index in [9.17, 15) is 14.7 Å². The van der Waals surface area contributed by atoms with Gasteiger partial charge in [-0.3, -0.25) is 9.59 Å². The summed E-state index contributed by atoms with van der Waals surface area (Å²) in [5.41, 5.74) is 1.05. The van der Waals surface area contributed by atoms with Gasteiger partial charge >= 0.3 is 0 Å². The quantitative estimate of drug-likeness (QED) is 0.268. The molecule has 0 bridgehead atoms. The Hall–Kier alpha value is -3.03. The number of hydrogen-bond donors (Lipinski definition) is 1. The minimum Gasteiger partial charge on any atom is -0.507 e. The molecule has 1 heterocycles. The predicted molar refractivity (Wildman–Crippen MR) is 137 cm³/mol. The van der Waals surface area contributed by atoms with Crippen LogP contribution in [0.15, 0.2) is 48.0 Å². The lowest BCUT2D eigenvalue weighted by atomic mass is 9.95. The number of Topliss-reactive ketones (excluding diaryl/α,β-unsaturated/α-hetero) is 1. The van der Waals surface area contributed by atoms with E-state index in [4.69, 9.17) is 21.1 Å². The number of amides is 1. The molecule has 0 radical (unpaired) electrons. The number of hydrogen-bond acceptors (Lipinski definition) is 6. The van der Waals surface area contributed by atoms with E-state index in [0.717, 1.165) is 13.1 Å². The number of carbonyl (C=O) groups excluding carboxylic acids is 2. The monoisotopic (exact) mass is 500 g/mol. The third-order valence-corrected chi connectivity index (χ3v) is 6.35. The first kappa shape index (κ1) is 26.6. The van der Waals surface area contributed by atoms with Gasteiger partial charge in [-0.25, -0.2) is 0 Å². The maximum atomic E-state index is 13.3. The number of likely N-dealkylation sites (tertiary alicyclic amines) is 1. The number of likely N-dealkylation sites (N-methyl/N-ethyl adjacent to an activating group) is 1. The molecule has 0 aliphatic carbocycles. The van der Waals surface area contributed by atoms with E-state index in [1.54, 1.807) is 42.5 Å². The van der Waals surface area contributed by atoms with Gasteiger partial charge < -0.3 is 24.4 Å². The van der Waals surface area contributed by atoms with Crippen LogP contribution < -0.4 is 9.47 Å². The molecule has 7 nitrogen and oxygen atoms in total. The summed E-state index contributed by atoms with van der Waals surface area (Å²) in [7, 11) is 0. The Morgan fingerprint density at radius 1 is 1.00 bits per heavy atom.